The number of para-hydroxylation sites is 2. The first-order chi connectivity index (χ1) is 12.9. The lowest BCUT2D eigenvalue weighted by molar-refractivity contribution is -0.179. The molecule has 0 amide bonds. The van der Waals surface area contributed by atoms with Gasteiger partial charge in [0.2, 0.25) is 0 Å². The molecule has 0 saturated carbocycles. The molecule has 3 aromatic rings. The van der Waals surface area contributed by atoms with Crippen LogP contribution in [-0.4, -0.2) is 17.8 Å². The van der Waals surface area contributed by atoms with E-state index < -0.39 is 0 Å². The number of piperidine rings is 1. The van der Waals surface area contributed by atoms with Crippen LogP contribution in [0, 0.1) is 6.07 Å². The van der Waals surface area contributed by atoms with Gasteiger partial charge in [-0.2, -0.15) is 0 Å². The topological polar surface area (TPSA) is 21.7 Å². The summed E-state index contributed by atoms with van der Waals surface area (Å²) in [5, 5.41) is 1.96. The van der Waals surface area contributed by atoms with Crippen molar-refractivity contribution in [2.24, 2.45) is 0 Å². The van der Waals surface area contributed by atoms with Gasteiger partial charge in [-0.15, -0.1) is 5.06 Å². The highest BCUT2D eigenvalue weighted by molar-refractivity contribution is 5.24. The Bertz CT molecular complexity index is 792. The fourth-order valence-corrected chi connectivity index (χ4v) is 3.35. The molecule has 131 valence electrons. The second-order valence-electron chi connectivity index (χ2n) is 6.49. The van der Waals surface area contributed by atoms with E-state index in [4.69, 9.17) is 9.57 Å². The summed E-state index contributed by atoms with van der Waals surface area (Å²) in [5.74, 6) is 2.14. The fourth-order valence-electron chi connectivity index (χ4n) is 3.35. The molecule has 3 aromatic carbocycles. The zero-order chi connectivity index (χ0) is 17.6. The van der Waals surface area contributed by atoms with E-state index in [1.165, 1.54) is 5.56 Å². The third-order valence-corrected chi connectivity index (χ3v) is 4.69. The van der Waals surface area contributed by atoms with Crippen molar-refractivity contribution >= 4 is 0 Å². The molecule has 4 rings (SSSR count). The van der Waals surface area contributed by atoms with Gasteiger partial charge in [0.25, 0.3) is 0 Å². The number of rotatable bonds is 5. The van der Waals surface area contributed by atoms with Crippen molar-refractivity contribution in [3.8, 4) is 11.5 Å². The lowest BCUT2D eigenvalue weighted by atomic mass is 9.89. The van der Waals surface area contributed by atoms with Gasteiger partial charge in [0.1, 0.15) is 11.5 Å². The average Bonchev–Trinajstić information content (AvgIpc) is 2.71. The van der Waals surface area contributed by atoms with Crippen LogP contribution in [0.3, 0.4) is 0 Å². The summed E-state index contributed by atoms with van der Waals surface area (Å²) >= 11 is 0. The minimum absolute atomic E-state index is 0.142. The van der Waals surface area contributed by atoms with Crippen molar-refractivity contribution in [1.29, 1.82) is 0 Å². The highest BCUT2D eigenvalue weighted by Crippen LogP contribution is 2.33. The first-order valence-corrected chi connectivity index (χ1v) is 9.06. The largest absolute Gasteiger partial charge is 0.472 e. The Labute approximate surface area is 154 Å². The second-order valence-corrected chi connectivity index (χ2v) is 6.49. The number of hydrogen-bond donors (Lipinski definition) is 0. The van der Waals surface area contributed by atoms with Gasteiger partial charge in [-0.25, -0.2) is 0 Å². The Balaban J connectivity index is 1.53. The third-order valence-electron chi connectivity index (χ3n) is 4.69. The Hall–Kier alpha value is -2.78. The summed E-state index contributed by atoms with van der Waals surface area (Å²) in [7, 11) is 0. The number of hydrogen-bond acceptors (Lipinski definition) is 3. The Kier molecular flexibility index (Phi) is 5.17. The van der Waals surface area contributed by atoms with E-state index in [9.17, 15) is 0 Å². The van der Waals surface area contributed by atoms with Crippen LogP contribution in [0.25, 0.3) is 0 Å². The van der Waals surface area contributed by atoms with E-state index in [0.717, 1.165) is 30.9 Å². The molecule has 1 fully saturated rings. The quantitative estimate of drug-likeness (QED) is 0.645. The minimum atomic E-state index is -0.142. The van der Waals surface area contributed by atoms with Crippen LogP contribution < -0.4 is 9.57 Å². The number of nitrogens with zero attached hydrogens (tertiary/aromatic N) is 1. The van der Waals surface area contributed by atoms with Gasteiger partial charge in [0.05, 0.1) is 0 Å². The van der Waals surface area contributed by atoms with Crippen LogP contribution in [0.4, 0.5) is 0 Å². The summed E-state index contributed by atoms with van der Waals surface area (Å²) in [4.78, 5) is 6.12. The summed E-state index contributed by atoms with van der Waals surface area (Å²) in [6, 6.07) is 31.3. The maximum absolute atomic E-state index is 6.28. The van der Waals surface area contributed by atoms with Crippen LogP contribution in [0.15, 0.2) is 84.9 Å². The molecule has 26 heavy (non-hydrogen) atoms. The summed E-state index contributed by atoms with van der Waals surface area (Å²) in [6.07, 6.45) is 1.76. The number of hydroxylamine groups is 2. The zero-order valence-electron chi connectivity index (χ0n) is 14.6. The minimum Gasteiger partial charge on any atom is -0.472 e. The molecule has 1 aliphatic rings. The standard InChI is InChI=1S/C23H22NO2/c1-4-10-19(11-5-1)20-16-17-24(26-22-14-8-3-9-15-22)23(18-20)25-21-12-6-2-7-13-21/h1-4,6-15,20,23H,16-18H2. The molecule has 3 nitrogen and oxygen atoms in total. The molecular formula is C23H22NO2. The van der Waals surface area contributed by atoms with Gasteiger partial charge < -0.3 is 9.57 Å². The van der Waals surface area contributed by atoms with Crippen molar-refractivity contribution in [3.05, 3.63) is 96.6 Å². The van der Waals surface area contributed by atoms with Gasteiger partial charge in [-0.3, -0.25) is 0 Å². The molecule has 1 heterocycles. The molecule has 3 heteroatoms. The van der Waals surface area contributed by atoms with Crippen molar-refractivity contribution in [1.82, 2.24) is 5.06 Å². The predicted octanol–water partition coefficient (Wildman–Crippen LogP) is 5.07. The highest BCUT2D eigenvalue weighted by atomic mass is 16.7. The molecule has 1 aliphatic heterocycles. The van der Waals surface area contributed by atoms with E-state index >= 15 is 0 Å². The lowest BCUT2D eigenvalue weighted by Crippen LogP contribution is -2.47. The molecule has 1 saturated heterocycles. The van der Waals surface area contributed by atoms with Gasteiger partial charge in [-0.1, -0.05) is 60.7 Å². The highest BCUT2D eigenvalue weighted by Gasteiger charge is 2.32. The molecular weight excluding hydrogens is 322 g/mol. The predicted molar refractivity (Wildman–Crippen MR) is 102 cm³/mol. The Morgan fingerprint density at radius 3 is 2.27 bits per heavy atom. The Morgan fingerprint density at radius 1 is 0.846 bits per heavy atom. The average molecular weight is 344 g/mol. The van der Waals surface area contributed by atoms with Crippen LogP contribution in [-0.2, 0) is 0 Å². The maximum atomic E-state index is 6.28. The van der Waals surface area contributed by atoms with E-state index in [0.29, 0.717) is 5.92 Å². The fraction of sp³-hybridized carbons (Fsp3) is 0.217. The molecule has 0 N–H and O–H groups in total. The van der Waals surface area contributed by atoms with E-state index in [-0.39, 0.29) is 6.23 Å². The van der Waals surface area contributed by atoms with Crippen LogP contribution >= 0.6 is 0 Å². The van der Waals surface area contributed by atoms with E-state index in [2.05, 4.69) is 24.3 Å². The molecule has 0 spiro atoms. The molecule has 0 aliphatic carbocycles. The maximum Gasteiger partial charge on any atom is 0.184 e. The first kappa shape index (κ1) is 16.7. The van der Waals surface area contributed by atoms with Gasteiger partial charge in [0.15, 0.2) is 6.23 Å². The van der Waals surface area contributed by atoms with Crippen LogP contribution in [0.1, 0.15) is 24.3 Å². The molecule has 0 bridgehead atoms. The molecule has 2 atom stereocenters. The SMILES string of the molecule is [c]1cccc(C2CCN(Oc3ccccc3)C(Oc3ccccc3)C2)c1. The van der Waals surface area contributed by atoms with E-state index in [1.807, 2.05) is 71.8 Å². The zero-order valence-corrected chi connectivity index (χ0v) is 14.6. The van der Waals surface area contributed by atoms with Crippen molar-refractivity contribution in [2.45, 2.75) is 25.0 Å². The summed E-state index contributed by atoms with van der Waals surface area (Å²) in [6.45, 7) is 0.811. The van der Waals surface area contributed by atoms with Crippen molar-refractivity contribution in [2.75, 3.05) is 6.54 Å². The van der Waals surface area contributed by atoms with Crippen LogP contribution in [0.5, 0.6) is 11.5 Å². The first-order valence-electron chi connectivity index (χ1n) is 9.06. The van der Waals surface area contributed by atoms with Gasteiger partial charge in [-0.05, 0) is 48.2 Å². The van der Waals surface area contributed by atoms with E-state index in [1.54, 1.807) is 0 Å². The molecule has 0 aromatic heterocycles. The van der Waals surface area contributed by atoms with Crippen LogP contribution in [0.2, 0.25) is 0 Å². The Morgan fingerprint density at radius 2 is 1.58 bits per heavy atom. The molecule has 2 unspecified atom stereocenters. The van der Waals surface area contributed by atoms with Gasteiger partial charge >= 0.3 is 0 Å². The smallest absolute Gasteiger partial charge is 0.184 e. The van der Waals surface area contributed by atoms with Gasteiger partial charge in [0, 0.05) is 13.0 Å². The third kappa shape index (κ3) is 4.06. The summed E-state index contributed by atoms with van der Waals surface area (Å²) in [5.41, 5.74) is 1.31. The number of benzene rings is 3. The molecule has 1 radical (unpaired) electrons. The summed E-state index contributed by atoms with van der Waals surface area (Å²) < 4.78 is 6.28. The number of ether oxygens (including phenoxy) is 1. The monoisotopic (exact) mass is 344 g/mol. The second kappa shape index (κ2) is 8.07. The lowest BCUT2D eigenvalue weighted by Gasteiger charge is -2.38. The normalized spacial score (nSPS) is 20.5. The van der Waals surface area contributed by atoms with Crippen molar-refractivity contribution in [3.63, 3.8) is 0 Å². The van der Waals surface area contributed by atoms with Crippen molar-refractivity contribution < 1.29 is 9.57 Å².